The first-order valence-electron chi connectivity index (χ1n) is 6.87. The predicted octanol–water partition coefficient (Wildman–Crippen LogP) is 2.66. The summed E-state index contributed by atoms with van der Waals surface area (Å²) >= 11 is 0. The summed E-state index contributed by atoms with van der Waals surface area (Å²) in [5.41, 5.74) is 1.28. The molecule has 2 unspecified atom stereocenters. The van der Waals surface area contributed by atoms with Gasteiger partial charge in [-0.05, 0) is 37.7 Å². The monoisotopic (exact) mass is 256 g/mol. The molecule has 1 aliphatic rings. The third-order valence-electron chi connectivity index (χ3n) is 3.95. The van der Waals surface area contributed by atoms with Gasteiger partial charge in [-0.1, -0.05) is 30.3 Å². The second-order valence-corrected chi connectivity index (χ2v) is 5.14. The Morgan fingerprint density at radius 3 is 2.68 bits per heavy atom. The highest BCUT2D eigenvalue weighted by molar-refractivity contribution is 5.26. The maximum absolute atomic E-state index is 5.67. The van der Waals surface area contributed by atoms with Gasteiger partial charge in [0.15, 0.2) is 0 Å². The molecular formula is C16H20N2O. The summed E-state index contributed by atoms with van der Waals surface area (Å²) in [7, 11) is 2.19. The zero-order chi connectivity index (χ0) is 13.1. The van der Waals surface area contributed by atoms with Crippen molar-refractivity contribution in [2.75, 3.05) is 20.1 Å². The number of likely N-dealkylation sites (N-methyl/N-ethyl adjacent to an activating group) is 1. The van der Waals surface area contributed by atoms with Gasteiger partial charge in [-0.2, -0.15) is 0 Å². The molecule has 100 valence electrons. The summed E-state index contributed by atoms with van der Waals surface area (Å²) in [6.07, 6.45) is 2.95. The Morgan fingerprint density at radius 2 is 2.05 bits per heavy atom. The van der Waals surface area contributed by atoms with Gasteiger partial charge < -0.3 is 9.73 Å². The number of rotatable bonds is 4. The van der Waals surface area contributed by atoms with Crippen molar-refractivity contribution in [3.8, 4) is 0 Å². The lowest BCUT2D eigenvalue weighted by molar-refractivity contribution is 0.190. The van der Waals surface area contributed by atoms with Crippen LogP contribution in [0.2, 0.25) is 0 Å². The van der Waals surface area contributed by atoms with Crippen molar-refractivity contribution >= 4 is 0 Å². The van der Waals surface area contributed by atoms with Gasteiger partial charge in [0.2, 0.25) is 0 Å². The molecule has 3 nitrogen and oxygen atoms in total. The van der Waals surface area contributed by atoms with Gasteiger partial charge in [0.05, 0.1) is 12.3 Å². The average molecular weight is 256 g/mol. The highest BCUT2D eigenvalue weighted by Gasteiger charge is 2.29. The fourth-order valence-electron chi connectivity index (χ4n) is 2.88. The van der Waals surface area contributed by atoms with E-state index in [4.69, 9.17) is 4.42 Å². The van der Waals surface area contributed by atoms with Crippen LogP contribution < -0.4 is 5.32 Å². The molecule has 1 N–H and O–H groups in total. The van der Waals surface area contributed by atoms with Crippen LogP contribution in [0.25, 0.3) is 0 Å². The van der Waals surface area contributed by atoms with E-state index >= 15 is 0 Å². The molecular weight excluding hydrogens is 236 g/mol. The van der Waals surface area contributed by atoms with E-state index in [1.54, 1.807) is 6.26 Å². The largest absolute Gasteiger partial charge is 0.467 e. The van der Waals surface area contributed by atoms with Crippen LogP contribution in [-0.2, 0) is 0 Å². The van der Waals surface area contributed by atoms with Gasteiger partial charge in [-0.25, -0.2) is 0 Å². The molecule has 0 saturated carbocycles. The molecule has 1 aromatic heterocycles. The lowest BCUT2D eigenvalue weighted by Crippen LogP contribution is -2.37. The van der Waals surface area contributed by atoms with Crippen LogP contribution in [0.1, 0.15) is 23.8 Å². The molecule has 1 aromatic carbocycles. The summed E-state index contributed by atoms with van der Waals surface area (Å²) < 4.78 is 5.67. The third kappa shape index (κ3) is 2.57. The van der Waals surface area contributed by atoms with Crippen molar-refractivity contribution in [2.24, 2.45) is 0 Å². The van der Waals surface area contributed by atoms with E-state index < -0.39 is 0 Å². The third-order valence-corrected chi connectivity index (χ3v) is 3.95. The standard InChI is InChI=1S/C16H20N2O/c1-18(14-9-10-17-12-14)16(15-8-5-11-19-15)13-6-3-2-4-7-13/h2-8,11,14,16-17H,9-10,12H2,1H3. The smallest absolute Gasteiger partial charge is 0.125 e. The number of hydrogen-bond acceptors (Lipinski definition) is 3. The molecule has 0 amide bonds. The Morgan fingerprint density at radius 1 is 1.21 bits per heavy atom. The molecule has 3 heteroatoms. The molecule has 19 heavy (non-hydrogen) atoms. The summed E-state index contributed by atoms with van der Waals surface area (Å²) in [6.45, 7) is 2.16. The second-order valence-electron chi connectivity index (χ2n) is 5.14. The minimum Gasteiger partial charge on any atom is -0.467 e. The first-order valence-corrected chi connectivity index (χ1v) is 6.87. The zero-order valence-corrected chi connectivity index (χ0v) is 11.3. The van der Waals surface area contributed by atoms with Gasteiger partial charge in [0, 0.05) is 12.6 Å². The van der Waals surface area contributed by atoms with Crippen molar-refractivity contribution in [2.45, 2.75) is 18.5 Å². The number of benzene rings is 1. The van der Waals surface area contributed by atoms with Gasteiger partial charge in [-0.3, -0.25) is 4.90 Å². The minimum atomic E-state index is 0.195. The number of nitrogens with one attached hydrogen (secondary N) is 1. The molecule has 0 aliphatic carbocycles. The Bertz CT molecular complexity index is 489. The molecule has 2 heterocycles. The van der Waals surface area contributed by atoms with E-state index in [1.807, 2.05) is 6.07 Å². The van der Waals surface area contributed by atoms with Crippen LogP contribution in [0.3, 0.4) is 0 Å². The second kappa shape index (κ2) is 5.59. The van der Waals surface area contributed by atoms with Crippen molar-refractivity contribution in [1.82, 2.24) is 10.2 Å². The molecule has 2 aromatic rings. The highest BCUT2D eigenvalue weighted by atomic mass is 16.3. The van der Waals surface area contributed by atoms with E-state index in [0.717, 1.165) is 18.8 Å². The molecule has 2 atom stereocenters. The van der Waals surface area contributed by atoms with Crippen molar-refractivity contribution in [1.29, 1.82) is 0 Å². The fraction of sp³-hybridized carbons (Fsp3) is 0.375. The lowest BCUT2D eigenvalue weighted by Gasteiger charge is -2.31. The predicted molar refractivity (Wildman–Crippen MR) is 76.0 cm³/mol. The van der Waals surface area contributed by atoms with Gasteiger partial charge in [0.25, 0.3) is 0 Å². The maximum Gasteiger partial charge on any atom is 0.125 e. The fourth-order valence-corrected chi connectivity index (χ4v) is 2.88. The van der Waals surface area contributed by atoms with Gasteiger partial charge in [0.1, 0.15) is 5.76 Å². The van der Waals surface area contributed by atoms with Gasteiger partial charge >= 0.3 is 0 Å². The van der Waals surface area contributed by atoms with Crippen LogP contribution in [0.4, 0.5) is 0 Å². The highest BCUT2D eigenvalue weighted by Crippen LogP contribution is 2.30. The van der Waals surface area contributed by atoms with Crippen LogP contribution in [-0.4, -0.2) is 31.1 Å². The van der Waals surface area contributed by atoms with Crippen LogP contribution in [0.15, 0.2) is 53.1 Å². The molecule has 0 spiro atoms. The summed E-state index contributed by atoms with van der Waals surface area (Å²) in [4.78, 5) is 2.42. The molecule has 0 bridgehead atoms. The minimum absolute atomic E-state index is 0.195. The first kappa shape index (κ1) is 12.5. The van der Waals surface area contributed by atoms with Crippen molar-refractivity contribution < 1.29 is 4.42 Å². The van der Waals surface area contributed by atoms with Crippen LogP contribution in [0, 0.1) is 0 Å². The number of nitrogens with zero attached hydrogens (tertiary/aromatic N) is 1. The van der Waals surface area contributed by atoms with Gasteiger partial charge in [-0.15, -0.1) is 0 Å². The van der Waals surface area contributed by atoms with E-state index in [1.165, 1.54) is 12.0 Å². The summed E-state index contributed by atoms with van der Waals surface area (Å²) in [5, 5.41) is 3.43. The van der Waals surface area contributed by atoms with E-state index in [-0.39, 0.29) is 6.04 Å². The normalized spacial score (nSPS) is 20.8. The molecule has 1 saturated heterocycles. The molecule has 0 radical (unpaired) electrons. The van der Waals surface area contributed by atoms with Crippen LogP contribution in [0.5, 0.6) is 0 Å². The Balaban J connectivity index is 1.92. The Hall–Kier alpha value is -1.58. The van der Waals surface area contributed by atoms with E-state index in [9.17, 15) is 0 Å². The number of furan rings is 1. The lowest BCUT2D eigenvalue weighted by atomic mass is 10.0. The van der Waals surface area contributed by atoms with E-state index in [2.05, 4.69) is 53.7 Å². The molecule has 1 fully saturated rings. The zero-order valence-electron chi connectivity index (χ0n) is 11.3. The maximum atomic E-state index is 5.67. The Labute approximate surface area is 114 Å². The summed E-state index contributed by atoms with van der Waals surface area (Å²) in [6, 6.07) is 15.4. The summed E-state index contributed by atoms with van der Waals surface area (Å²) in [5.74, 6) is 1.01. The quantitative estimate of drug-likeness (QED) is 0.911. The van der Waals surface area contributed by atoms with E-state index in [0.29, 0.717) is 6.04 Å². The SMILES string of the molecule is CN(C1CCNC1)C(c1ccccc1)c1ccco1. The van der Waals surface area contributed by atoms with Crippen molar-refractivity contribution in [3.05, 3.63) is 60.1 Å². The topological polar surface area (TPSA) is 28.4 Å². The Kier molecular flexibility index (Phi) is 3.67. The number of hydrogen-bond donors (Lipinski definition) is 1. The molecule has 3 rings (SSSR count). The van der Waals surface area contributed by atoms with Crippen LogP contribution >= 0.6 is 0 Å². The molecule has 1 aliphatic heterocycles. The first-order chi connectivity index (χ1) is 9.36. The average Bonchev–Trinajstić information content (AvgIpc) is 3.13. The van der Waals surface area contributed by atoms with Crippen molar-refractivity contribution in [3.63, 3.8) is 0 Å².